The molecule has 0 aliphatic carbocycles. The predicted molar refractivity (Wildman–Crippen MR) is 70.9 cm³/mol. The minimum Gasteiger partial charge on any atom is -0.388 e. The van der Waals surface area contributed by atoms with Crippen LogP contribution in [0.2, 0.25) is 0 Å². The van der Waals surface area contributed by atoms with Crippen LogP contribution in [0, 0.1) is 5.92 Å². The molecule has 0 aromatic carbocycles. The summed E-state index contributed by atoms with van der Waals surface area (Å²) in [5, 5.41) is 20.4. The van der Waals surface area contributed by atoms with Gasteiger partial charge in [0.15, 0.2) is 5.79 Å². The zero-order valence-corrected chi connectivity index (χ0v) is 11.0. The Bertz CT molecular complexity index is 399. The van der Waals surface area contributed by atoms with E-state index in [9.17, 15) is 10.2 Å². The van der Waals surface area contributed by atoms with Gasteiger partial charge in [0.1, 0.15) is 0 Å². The summed E-state index contributed by atoms with van der Waals surface area (Å²) in [4.78, 5) is 0. The van der Waals surface area contributed by atoms with E-state index >= 15 is 0 Å². The van der Waals surface area contributed by atoms with Crippen LogP contribution in [0.4, 0.5) is 0 Å². The number of allylic oxidation sites excluding steroid dienone is 1. The molecule has 0 radical (unpaired) electrons. The fourth-order valence-corrected chi connectivity index (χ4v) is 2.76. The Morgan fingerprint density at radius 1 is 1.44 bits per heavy atom. The van der Waals surface area contributed by atoms with Crippen molar-refractivity contribution in [1.29, 1.82) is 0 Å². The first-order valence-corrected chi connectivity index (χ1v) is 6.44. The number of hydrogen-bond donors (Lipinski definition) is 2. The highest BCUT2D eigenvalue weighted by Crippen LogP contribution is 2.42. The van der Waals surface area contributed by atoms with Crippen LogP contribution in [0.5, 0.6) is 0 Å². The van der Waals surface area contributed by atoms with Crippen molar-refractivity contribution >= 4 is 0 Å². The lowest BCUT2D eigenvalue weighted by Gasteiger charge is -2.45. The molecule has 0 amide bonds. The quantitative estimate of drug-likeness (QED) is 0.702. The molecule has 2 N–H and O–H groups in total. The molecular formula is C15H22O3. The SMILES string of the molecule is C=C(C)[C@H]1CCC(=C)[C@@]2(O)C[C@H](O)C(=C)[C@@H](C1)O2. The lowest BCUT2D eigenvalue weighted by Crippen LogP contribution is -2.50. The molecule has 2 rings (SSSR count). The van der Waals surface area contributed by atoms with Crippen molar-refractivity contribution in [2.75, 3.05) is 0 Å². The first-order chi connectivity index (χ1) is 8.33. The number of ether oxygens (including phenoxy) is 1. The molecule has 4 atom stereocenters. The van der Waals surface area contributed by atoms with Gasteiger partial charge in [-0.25, -0.2) is 0 Å². The molecule has 2 bridgehead atoms. The van der Waals surface area contributed by atoms with Crippen molar-refractivity contribution < 1.29 is 14.9 Å². The summed E-state index contributed by atoms with van der Waals surface area (Å²) in [6.07, 6.45) is 1.42. The van der Waals surface area contributed by atoms with Gasteiger partial charge in [-0.15, -0.1) is 0 Å². The highest BCUT2D eigenvalue weighted by Gasteiger charge is 2.45. The highest BCUT2D eigenvalue weighted by atomic mass is 16.6. The third-order valence-electron chi connectivity index (χ3n) is 4.19. The van der Waals surface area contributed by atoms with E-state index in [1.165, 1.54) is 0 Å². The number of hydrogen-bond acceptors (Lipinski definition) is 3. The minimum absolute atomic E-state index is 0.138. The number of fused-ring (bicyclic) bond motifs is 2. The molecular weight excluding hydrogens is 228 g/mol. The average Bonchev–Trinajstić information content (AvgIpc) is 2.28. The van der Waals surface area contributed by atoms with Crippen LogP contribution in [-0.2, 0) is 4.74 Å². The molecule has 3 heteroatoms. The Hall–Kier alpha value is -0.900. The van der Waals surface area contributed by atoms with Gasteiger partial charge >= 0.3 is 0 Å². The van der Waals surface area contributed by atoms with Crippen LogP contribution >= 0.6 is 0 Å². The summed E-state index contributed by atoms with van der Waals surface area (Å²) in [5.74, 6) is -1.08. The Labute approximate surface area is 108 Å². The van der Waals surface area contributed by atoms with Crippen LogP contribution < -0.4 is 0 Å². The van der Waals surface area contributed by atoms with Gasteiger partial charge in [-0.2, -0.15) is 0 Å². The first kappa shape index (κ1) is 13.5. The third-order valence-corrected chi connectivity index (χ3v) is 4.19. The van der Waals surface area contributed by atoms with Crippen LogP contribution in [0.15, 0.2) is 36.5 Å². The Kier molecular flexibility index (Phi) is 3.49. The largest absolute Gasteiger partial charge is 0.388 e. The summed E-state index contributed by atoms with van der Waals surface area (Å²) in [6, 6.07) is 0. The maximum atomic E-state index is 10.4. The minimum atomic E-state index is -1.40. The second-order valence-electron chi connectivity index (χ2n) is 5.61. The van der Waals surface area contributed by atoms with Crippen LogP contribution in [0.1, 0.15) is 32.6 Å². The molecule has 0 unspecified atom stereocenters. The molecule has 2 fully saturated rings. The molecule has 3 nitrogen and oxygen atoms in total. The van der Waals surface area contributed by atoms with Crippen LogP contribution in [-0.4, -0.2) is 28.2 Å². The summed E-state index contributed by atoms with van der Waals surface area (Å²) < 4.78 is 5.75. The van der Waals surface area contributed by atoms with Gasteiger partial charge in [-0.1, -0.05) is 25.3 Å². The van der Waals surface area contributed by atoms with Gasteiger partial charge in [0.05, 0.1) is 12.2 Å². The maximum absolute atomic E-state index is 10.4. The second kappa shape index (κ2) is 4.65. The van der Waals surface area contributed by atoms with Crippen molar-refractivity contribution in [3.63, 3.8) is 0 Å². The summed E-state index contributed by atoms with van der Waals surface area (Å²) >= 11 is 0. The average molecular weight is 250 g/mol. The fourth-order valence-electron chi connectivity index (χ4n) is 2.76. The van der Waals surface area contributed by atoms with Crippen molar-refractivity contribution in [2.24, 2.45) is 5.92 Å². The Morgan fingerprint density at radius 2 is 2.11 bits per heavy atom. The Morgan fingerprint density at radius 3 is 2.72 bits per heavy atom. The van der Waals surface area contributed by atoms with E-state index < -0.39 is 11.9 Å². The smallest absolute Gasteiger partial charge is 0.191 e. The maximum Gasteiger partial charge on any atom is 0.191 e. The van der Waals surface area contributed by atoms with Gasteiger partial charge in [-0.3, -0.25) is 0 Å². The van der Waals surface area contributed by atoms with E-state index in [0.717, 1.165) is 18.4 Å². The molecule has 0 aromatic rings. The van der Waals surface area contributed by atoms with Crippen molar-refractivity contribution in [3.8, 4) is 0 Å². The van der Waals surface area contributed by atoms with E-state index in [-0.39, 0.29) is 12.5 Å². The van der Waals surface area contributed by atoms with Crippen LogP contribution in [0.3, 0.4) is 0 Å². The molecule has 0 spiro atoms. The van der Waals surface area contributed by atoms with Gasteiger partial charge < -0.3 is 14.9 Å². The van der Waals surface area contributed by atoms with Crippen molar-refractivity contribution in [1.82, 2.24) is 0 Å². The first-order valence-electron chi connectivity index (χ1n) is 6.44. The second-order valence-corrected chi connectivity index (χ2v) is 5.61. The lowest BCUT2D eigenvalue weighted by atomic mass is 9.79. The topological polar surface area (TPSA) is 49.7 Å². The molecule has 2 saturated heterocycles. The standard InChI is InChI=1S/C15H22O3/c1-9(2)12-6-5-10(3)15(17)8-13(16)11(4)14(7-12)18-15/h12-14,16-17H,1,3-8H2,2H3/t12-,13-,14+,15+/m0/s1. The monoisotopic (exact) mass is 250 g/mol. The lowest BCUT2D eigenvalue weighted by molar-refractivity contribution is -0.236. The zero-order chi connectivity index (χ0) is 13.5. The molecule has 0 saturated carbocycles. The van der Waals surface area contributed by atoms with E-state index in [0.29, 0.717) is 23.5 Å². The Balaban J connectivity index is 2.29. The zero-order valence-electron chi connectivity index (χ0n) is 11.0. The normalized spacial score (nSPS) is 41.2. The number of aliphatic hydroxyl groups is 2. The predicted octanol–water partition coefficient (Wildman–Crippen LogP) is 2.31. The van der Waals surface area contributed by atoms with E-state index in [2.05, 4.69) is 19.7 Å². The van der Waals surface area contributed by atoms with E-state index in [1.54, 1.807) is 0 Å². The van der Waals surface area contributed by atoms with Gasteiger partial charge in [0.25, 0.3) is 0 Å². The molecule has 18 heavy (non-hydrogen) atoms. The molecule has 0 aromatic heterocycles. The number of aliphatic hydroxyl groups excluding tert-OH is 1. The van der Waals surface area contributed by atoms with E-state index in [1.807, 2.05) is 6.92 Å². The molecule has 100 valence electrons. The fraction of sp³-hybridized carbons (Fsp3) is 0.600. The highest BCUT2D eigenvalue weighted by molar-refractivity contribution is 5.22. The van der Waals surface area contributed by atoms with Gasteiger partial charge in [0.2, 0.25) is 0 Å². The third kappa shape index (κ3) is 2.30. The molecule has 2 heterocycles. The molecule has 2 aliphatic heterocycles. The van der Waals surface area contributed by atoms with Crippen molar-refractivity contribution in [3.05, 3.63) is 36.5 Å². The van der Waals surface area contributed by atoms with Crippen LogP contribution in [0.25, 0.3) is 0 Å². The summed E-state index contributed by atoms with van der Waals surface area (Å²) in [5.41, 5.74) is 2.40. The molecule has 2 aliphatic rings. The summed E-state index contributed by atoms with van der Waals surface area (Å²) in [6.45, 7) is 13.8. The van der Waals surface area contributed by atoms with Gasteiger partial charge in [-0.05, 0) is 43.3 Å². The summed E-state index contributed by atoms with van der Waals surface area (Å²) in [7, 11) is 0. The number of rotatable bonds is 1. The van der Waals surface area contributed by atoms with Crippen molar-refractivity contribution in [2.45, 2.75) is 50.6 Å². The van der Waals surface area contributed by atoms with Gasteiger partial charge in [0, 0.05) is 6.42 Å². The van der Waals surface area contributed by atoms with E-state index in [4.69, 9.17) is 4.74 Å².